The number of nitrogens with zero attached hydrogens (tertiary/aromatic N) is 1. The molecular weight excluding hydrogens is 315 g/mol. The molecule has 0 aliphatic carbocycles. The number of benzene rings is 1. The average Bonchev–Trinajstić information content (AvgIpc) is 3.01. The molecule has 0 atom stereocenters. The zero-order valence-corrected chi connectivity index (χ0v) is 13.6. The fourth-order valence-electron chi connectivity index (χ4n) is 2.59. The van der Waals surface area contributed by atoms with Crippen molar-refractivity contribution in [1.82, 2.24) is 10.2 Å². The van der Waals surface area contributed by atoms with Crippen LogP contribution in [0.2, 0.25) is 0 Å². The summed E-state index contributed by atoms with van der Waals surface area (Å²) in [7, 11) is 0. The molecule has 3 rings (SSSR count). The number of nitrogens with one attached hydrogen (secondary N) is 1. The standard InChI is InChI=1S/C17H19FN2O2S/c18-14-1-3-15(4-2-14)22-9-7-19-17(21)12-20-8-5-16-13(11-20)6-10-23-16/h1-4,6,10H,5,7-9,11-12H2,(H,19,21). The topological polar surface area (TPSA) is 41.6 Å². The van der Waals surface area contributed by atoms with Crippen LogP contribution in [0.5, 0.6) is 5.75 Å². The van der Waals surface area contributed by atoms with Crippen molar-refractivity contribution in [3.63, 3.8) is 0 Å². The Morgan fingerprint density at radius 1 is 1.30 bits per heavy atom. The van der Waals surface area contributed by atoms with E-state index in [0.29, 0.717) is 25.4 Å². The quantitative estimate of drug-likeness (QED) is 0.825. The first kappa shape index (κ1) is 16.0. The van der Waals surface area contributed by atoms with Crippen molar-refractivity contribution in [2.45, 2.75) is 13.0 Å². The van der Waals surface area contributed by atoms with E-state index >= 15 is 0 Å². The molecule has 23 heavy (non-hydrogen) atoms. The van der Waals surface area contributed by atoms with Gasteiger partial charge < -0.3 is 10.1 Å². The third-order valence-electron chi connectivity index (χ3n) is 3.76. The van der Waals surface area contributed by atoms with Gasteiger partial charge in [0.25, 0.3) is 0 Å². The van der Waals surface area contributed by atoms with Gasteiger partial charge >= 0.3 is 0 Å². The largest absolute Gasteiger partial charge is 0.492 e. The van der Waals surface area contributed by atoms with Crippen molar-refractivity contribution >= 4 is 17.2 Å². The molecule has 4 nitrogen and oxygen atoms in total. The molecule has 122 valence electrons. The van der Waals surface area contributed by atoms with Gasteiger partial charge in [0, 0.05) is 18.0 Å². The average molecular weight is 334 g/mol. The third kappa shape index (κ3) is 4.53. The summed E-state index contributed by atoms with van der Waals surface area (Å²) in [4.78, 5) is 15.6. The van der Waals surface area contributed by atoms with Crippen LogP contribution in [-0.4, -0.2) is 37.0 Å². The van der Waals surface area contributed by atoms with Crippen LogP contribution in [0, 0.1) is 5.82 Å². The molecular formula is C17H19FN2O2S. The minimum atomic E-state index is -0.291. The summed E-state index contributed by atoms with van der Waals surface area (Å²) in [5.74, 6) is 0.314. The van der Waals surface area contributed by atoms with E-state index in [0.717, 1.165) is 19.5 Å². The van der Waals surface area contributed by atoms with Crippen LogP contribution < -0.4 is 10.1 Å². The van der Waals surface area contributed by atoms with E-state index < -0.39 is 0 Å². The Bertz CT molecular complexity index is 657. The Labute approximate surface area is 138 Å². The van der Waals surface area contributed by atoms with Crippen molar-refractivity contribution in [3.05, 3.63) is 52.0 Å². The van der Waals surface area contributed by atoms with E-state index in [1.807, 2.05) is 0 Å². The maximum atomic E-state index is 12.8. The minimum absolute atomic E-state index is 0.00591. The second kappa shape index (κ2) is 7.57. The fraction of sp³-hybridized carbons (Fsp3) is 0.353. The van der Waals surface area contributed by atoms with Crippen LogP contribution in [0.15, 0.2) is 35.7 Å². The third-order valence-corrected chi connectivity index (χ3v) is 4.78. The Balaban J connectivity index is 1.35. The molecule has 0 fully saturated rings. The highest BCUT2D eigenvalue weighted by atomic mass is 32.1. The Kier molecular flexibility index (Phi) is 5.25. The van der Waals surface area contributed by atoms with Crippen LogP contribution in [-0.2, 0) is 17.8 Å². The molecule has 1 N–H and O–H groups in total. The summed E-state index contributed by atoms with van der Waals surface area (Å²) < 4.78 is 18.2. The summed E-state index contributed by atoms with van der Waals surface area (Å²) in [6.07, 6.45) is 1.02. The highest BCUT2D eigenvalue weighted by molar-refractivity contribution is 7.10. The zero-order valence-electron chi connectivity index (χ0n) is 12.8. The lowest BCUT2D eigenvalue weighted by molar-refractivity contribution is -0.122. The first-order valence-corrected chi connectivity index (χ1v) is 8.51. The van der Waals surface area contributed by atoms with E-state index in [4.69, 9.17) is 4.74 Å². The molecule has 0 saturated carbocycles. The van der Waals surface area contributed by atoms with Crippen LogP contribution in [0.4, 0.5) is 4.39 Å². The van der Waals surface area contributed by atoms with Crippen molar-refractivity contribution in [2.24, 2.45) is 0 Å². The van der Waals surface area contributed by atoms with Gasteiger partial charge in [0.1, 0.15) is 18.2 Å². The lowest BCUT2D eigenvalue weighted by Crippen LogP contribution is -2.40. The highest BCUT2D eigenvalue weighted by Gasteiger charge is 2.18. The van der Waals surface area contributed by atoms with Gasteiger partial charge in [0.2, 0.25) is 5.91 Å². The number of halogens is 1. The number of carbonyl (C=O) groups is 1. The molecule has 6 heteroatoms. The second-order valence-corrected chi connectivity index (χ2v) is 6.48. The molecule has 1 aromatic heterocycles. The highest BCUT2D eigenvalue weighted by Crippen LogP contribution is 2.23. The predicted octanol–water partition coefficient (Wildman–Crippen LogP) is 2.44. The van der Waals surface area contributed by atoms with E-state index in [-0.39, 0.29) is 11.7 Å². The Morgan fingerprint density at radius 2 is 2.13 bits per heavy atom. The van der Waals surface area contributed by atoms with Gasteiger partial charge in [0.05, 0.1) is 13.1 Å². The van der Waals surface area contributed by atoms with Gasteiger partial charge in [-0.15, -0.1) is 11.3 Å². The maximum Gasteiger partial charge on any atom is 0.234 e. The minimum Gasteiger partial charge on any atom is -0.492 e. The van der Waals surface area contributed by atoms with E-state index in [1.165, 1.54) is 22.6 Å². The number of thiophene rings is 1. The molecule has 0 saturated heterocycles. The van der Waals surface area contributed by atoms with Crippen LogP contribution in [0.3, 0.4) is 0 Å². The summed E-state index contributed by atoms with van der Waals surface area (Å²) in [6.45, 7) is 2.98. The monoisotopic (exact) mass is 334 g/mol. The molecule has 2 heterocycles. The Morgan fingerprint density at radius 3 is 2.96 bits per heavy atom. The van der Waals surface area contributed by atoms with Gasteiger partial charge in [0.15, 0.2) is 0 Å². The predicted molar refractivity (Wildman–Crippen MR) is 88.2 cm³/mol. The first-order chi connectivity index (χ1) is 11.2. The molecule has 0 bridgehead atoms. The van der Waals surface area contributed by atoms with Crippen LogP contribution in [0.1, 0.15) is 10.4 Å². The number of fused-ring (bicyclic) bond motifs is 1. The molecule has 2 aromatic rings. The molecule has 1 aliphatic rings. The summed E-state index contributed by atoms with van der Waals surface area (Å²) in [5, 5.41) is 4.96. The lowest BCUT2D eigenvalue weighted by Gasteiger charge is -2.26. The van der Waals surface area contributed by atoms with Gasteiger partial charge in [-0.3, -0.25) is 9.69 Å². The summed E-state index contributed by atoms with van der Waals surface area (Å²) >= 11 is 1.79. The fourth-order valence-corrected chi connectivity index (χ4v) is 3.48. The lowest BCUT2D eigenvalue weighted by atomic mass is 10.1. The number of hydrogen-bond donors (Lipinski definition) is 1. The molecule has 0 unspecified atom stereocenters. The van der Waals surface area contributed by atoms with Crippen molar-refractivity contribution in [1.29, 1.82) is 0 Å². The normalized spacial score (nSPS) is 14.3. The van der Waals surface area contributed by atoms with Gasteiger partial charge in [-0.2, -0.15) is 0 Å². The van der Waals surface area contributed by atoms with Crippen LogP contribution >= 0.6 is 11.3 Å². The SMILES string of the molecule is O=C(CN1CCc2sccc2C1)NCCOc1ccc(F)cc1. The molecule has 1 aromatic carbocycles. The number of rotatable bonds is 6. The van der Waals surface area contributed by atoms with Gasteiger partial charge in [-0.25, -0.2) is 4.39 Å². The number of hydrogen-bond acceptors (Lipinski definition) is 4. The van der Waals surface area contributed by atoms with Crippen LogP contribution in [0.25, 0.3) is 0 Å². The zero-order chi connectivity index (χ0) is 16.1. The number of carbonyl (C=O) groups excluding carboxylic acids is 1. The molecule has 1 amide bonds. The van der Waals surface area contributed by atoms with Crippen molar-refractivity contribution < 1.29 is 13.9 Å². The summed E-state index contributed by atoms with van der Waals surface area (Å²) in [5.41, 5.74) is 1.34. The van der Waals surface area contributed by atoms with Crippen molar-refractivity contribution in [2.75, 3.05) is 26.2 Å². The Hall–Kier alpha value is -1.92. The van der Waals surface area contributed by atoms with Gasteiger partial charge in [-0.05, 0) is 47.7 Å². The van der Waals surface area contributed by atoms with Crippen molar-refractivity contribution in [3.8, 4) is 5.75 Å². The first-order valence-electron chi connectivity index (χ1n) is 7.63. The molecule has 0 radical (unpaired) electrons. The number of ether oxygens (including phenoxy) is 1. The van der Waals surface area contributed by atoms with Gasteiger partial charge in [-0.1, -0.05) is 0 Å². The second-order valence-electron chi connectivity index (χ2n) is 5.48. The maximum absolute atomic E-state index is 12.8. The van der Waals surface area contributed by atoms with E-state index in [9.17, 15) is 9.18 Å². The number of amides is 1. The van der Waals surface area contributed by atoms with E-state index in [1.54, 1.807) is 23.5 Å². The molecule has 0 spiro atoms. The smallest absolute Gasteiger partial charge is 0.234 e. The molecule has 1 aliphatic heterocycles. The van der Waals surface area contributed by atoms with E-state index in [2.05, 4.69) is 21.7 Å². The summed E-state index contributed by atoms with van der Waals surface area (Å²) in [6, 6.07) is 7.99.